The summed E-state index contributed by atoms with van der Waals surface area (Å²) in [5, 5.41) is 9.97. The second-order valence-electron chi connectivity index (χ2n) is 11.5. The van der Waals surface area contributed by atoms with Crippen LogP contribution >= 0.6 is 0 Å². The number of benzene rings is 1. The van der Waals surface area contributed by atoms with Crippen LogP contribution in [0.2, 0.25) is 0 Å². The molecule has 0 unspecified atom stereocenters. The molecule has 2 aromatic rings. The van der Waals surface area contributed by atoms with Gasteiger partial charge in [-0.2, -0.15) is 0 Å². The lowest BCUT2D eigenvalue weighted by atomic mass is 9.70. The van der Waals surface area contributed by atoms with Crippen LogP contribution in [-0.4, -0.2) is 83.8 Å². The zero-order valence-corrected chi connectivity index (χ0v) is 22.5. The third-order valence-electron chi connectivity index (χ3n) is 8.55. The van der Waals surface area contributed by atoms with E-state index in [-0.39, 0.29) is 18.9 Å². The summed E-state index contributed by atoms with van der Waals surface area (Å²) >= 11 is 0. The monoisotopic (exact) mass is 521 g/mol. The highest BCUT2D eigenvalue weighted by atomic mass is 16.5. The third kappa shape index (κ3) is 6.02. The fraction of sp³-hybridized carbons (Fsp3) is 0.567. The van der Waals surface area contributed by atoms with Crippen LogP contribution in [0.25, 0.3) is 11.1 Å². The minimum absolute atomic E-state index is 0.115. The quantitative estimate of drug-likeness (QED) is 0.529. The van der Waals surface area contributed by atoms with E-state index in [0.29, 0.717) is 29.4 Å². The standard InChI is InChI=1S/C30H39N3O5/c1-30(12-3-13-30)20-32-14-10-21(11-15-32)19-38-27-9-8-24(17-31-27)22-4-6-23(7-5-22)28(35)33-18-25(34)16-26(33)29(36)37-2/h4-9,17,21,25-26,34H,3,10-16,18-20H2,1-2H3/t25-,26+/m1/s1. The number of esters is 1. The van der Waals surface area contributed by atoms with E-state index in [9.17, 15) is 14.7 Å². The summed E-state index contributed by atoms with van der Waals surface area (Å²) in [6, 6.07) is 10.3. The summed E-state index contributed by atoms with van der Waals surface area (Å²) in [5.41, 5.74) is 2.87. The van der Waals surface area contributed by atoms with Crippen molar-refractivity contribution in [2.24, 2.45) is 11.3 Å². The fourth-order valence-corrected chi connectivity index (χ4v) is 6.00. The largest absolute Gasteiger partial charge is 0.477 e. The molecule has 1 aliphatic carbocycles. The zero-order chi connectivity index (χ0) is 26.7. The Hall–Kier alpha value is -2.97. The van der Waals surface area contributed by atoms with Crippen molar-refractivity contribution in [2.75, 3.05) is 39.9 Å². The van der Waals surface area contributed by atoms with Crippen LogP contribution in [0.4, 0.5) is 0 Å². The summed E-state index contributed by atoms with van der Waals surface area (Å²) in [6.45, 7) is 6.81. The molecule has 0 bridgehead atoms. The average Bonchev–Trinajstić information content (AvgIpc) is 3.33. The Morgan fingerprint density at radius 1 is 1.08 bits per heavy atom. The van der Waals surface area contributed by atoms with Gasteiger partial charge in [-0.15, -0.1) is 0 Å². The molecule has 8 nitrogen and oxygen atoms in total. The van der Waals surface area contributed by atoms with Crippen LogP contribution in [0, 0.1) is 11.3 Å². The first-order valence-electron chi connectivity index (χ1n) is 13.8. The lowest BCUT2D eigenvalue weighted by Crippen LogP contribution is -2.44. The molecule has 2 saturated heterocycles. The van der Waals surface area contributed by atoms with Gasteiger partial charge in [0.2, 0.25) is 5.88 Å². The summed E-state index contributed by atoms with van der Waals surface area (Å²) < 4.78 is 10.8. The molecule has 0 spiro atoms. The van der Waals surface area contributed by atoms with Crippen molar-refractivity contribution in [1.29, 1.82) is 0 Å². The first kappa shape index (κ1) is 26.6. The van der Waals surface area contributed by atoms with Gasteiger partial charge in [0.25, 0.3) is 5.91 Å². The van der Waals surface area contributed by atoms with Gasteiger partial charge in [-0.1, -0.05) is 25.5 Å². The second-order valence-corrected chi connectivity index (χ2v) is 11.5. The van der Waals surface area contributed by atoms with Crippen LogP contribution in [0.15, 0.2) is 42.6 Å². The van der Waals surface area contributed by atoms with Gasteiger partial charge in [-0.05, 0) is 73.9 Å². The number of rotatable bonds is 8. The summed E-state index contributed by atoms with van der Waals surface area (Å²) in [6.07, 6.45) is 7.74. The molecule has 1 N–H and O–H groups in total. The molecule has 2 atom stereocenters. The van der Waals surface area contributed by atoms with Gasteiger partial charge < -0.3 is 24.4 Å². The molecular formula is C30H39N3O5. The van der Waals surface area contributed by atoms with E-state index in [1.807, 2.05) is 24.3 Å². The van der Waals surface area contributed by atoms with E-state index in [4.69, 9.17) is 9.47 Å². The summed E-state index contributed by atoms with van der Waals surface area (Å²) in [4.78, 5) is 33.5. The third-order valence-corrected chi connectivity index (χ3v) is 8.55. The Labute approximate surface area is 224 Å². The molecule has 38 heavy (non-hydrogen) atoms. The van der Waals surface area contributed by atoms with E-state index < -0.39 is 18.1 Å². The van der Waals surface area contributed by atoms with Crippen molar-refractivity contribution in [2.45, 2.75) is 57.6 Å². The molecule has 1 saturated carbocycles. The van der Waals surface area contributed by atoms with Crippen molar-refractivity contribution < 1.29 is 24.2 Å². The Bertz CT molecular complexity index is 1110. The number of carbonyl (C=O) groups is 2. The molecule has 1 aromatic heterocycles. The Morgan fingerprint density at radius 3 is 2.39 bits per heavy atom. The number of aliphatic hydroxyl groups is 1. The van der Waals surface area contributed by atoms with Crippen LogP contribution < -0.4 is 4.74 Å². The van der Waals surface area contributed by atoms with Gasteiger partial charge in [0.15, 0.2) is 0 Å². The molecular weight excluding hydrogens is 482 g/mol. The number of aliphatic hydroxyl groups excluding tert-OH is 1. The number of β-amino-alcohol motifs (C(OH)–C–C–N with tert-alkyl or cyclic N) is 1. The minimum Gasteiger partial charge on any atom is -0.477 e. The maximum absolute atomic E-state index is 13.0. The van der Waals surface area contributed by atoms with Crippen molar-refractivity contribution in [1.82, 2.24) is 14.8 Å². The molecule has 1 aromatic carbocycles. The number of aromatic nitrogens is 1. The maximum Gasteiger partial charge on any atom is 0.328 e. The summed E-state index contributed by atoms with van der Waals surface area (Å²) in [5.74, 6) is 0.395. The van der Waals surface area contributed by atoms with Gasteiger partial charge in [-0.25, -0.2) is 9.78 Å². The first-order chi connectivity index (χ1) is 18.3. The van der Waals surface area contributed by atoms with Crippen molar-refractivity contribution in [3.05, 3.63) is 48.2 Å². The van der Waals surface area contributed by atoms with Crippen molar-refractivity contribution in [3.63, 3.8) is 0 Å². The molecule has 5 rings (SSSR count). The zero-order valence-electron chi connectivity index (χ0n) is 22.5. The molecule has 3 aliphatic rings. The Kier molecular flexibility index (Phi) is 8.00. The summed E-state index contributed by atoms with van der Waals surface area (Å²) in [7, 11) is 1.29. The Balaban J connectivity index is 1.11. The average molecular weight is 522 g/mol. The molecule has 3 fully saturated rings. The van der Waals surface area contributed by atoms with E-state index in [0.717, 1.165) is 24.2 Å². The number of pyridine rings is 1. The first-order valence-corrected chi connectivity index (χ1v) is 13.8. The highest BCUT2D eigenvalue weighted by Crippen LogP contribution is 2.41. The van der Waals surface area contributed by atoms with E-state index in [2.05, 4.69) is 16.8 Å². The number of nitrogens with zero attached hydrogens (tertiary/aromatic N) is 3. The lowest BCUT2D eigenvalue weighted by molar-refractivity contribution is -0.145. The number of hydrogen-bond donors (Lipinski definition) is 1. The molecule has 3 heterocycles. The maximum atomic E-state index is 13.0. The lowest BCUT2D eigenvalue weighted by Gasteiger charge is -2.44. The van der Waals surface area contributed by atoms with E-state index >= 15 is 0 Å². The predicted octanol–water partition coefficient (Wildman–Crippen LogP) is 3.78. The van der Waals surface area contributed by atoms with Crippen LogP contribution in [0.3, 0.4) is 0 Å². The second kappa shape index (κ2) is 11.4. The number of ether oxygens (including phenoxy) is 2. The molecule has 8 heteroatoms. The number of piperidine rings is 1. The van der Waals surface area contributed by atoms with Crippen molar-refractivity contribution >= 4 is 11.9 Å². The van der Waals surface area contributed by atoms with Crippen LogP contribution in [0.1, 0.15) is 55.8 Å². The number of amides is 1. The molecule has 1 amide bonds. The minimum atomic E-state index is -0.762. The van der Waals surface area contributed by atoms with Gasteiger partial charge >= 0.3 is 5.97 Å². The number of methoxy groups -OCH3 is 1. The highest BCUT2D eigenvalue weighted by Gasteiger charge is 2.40. The topological polar surface area (TPSA) is 92.2 Å². The molecule has 2 aliphatic heterocycles. The number of likely N-dealkylation sites (tertiary alicyclic amines) is 2. The molecule has 204 valence electrons. The van der Waals surface area contributed by atoms with E-state index in [1.165, 1.54) is 50.7 Å². The smallest absolute Gasteiger partial charge is 0.328 e. The Morgan fingerprint density at radius 2 is 1.79 bits per heavy atom. The van der Waals surface area contributed by atoms with Gasteiger partial charge in [0.05, 0.1) is 19.8 Å². The number of hydrogen-bond acceptors (Lipinski definition) is 7. The normalized spacial score (nSPS) is 23.6. The fourth-order valence-electron chi connectivity index (χ4n) is 6.00. The van der Waals surface area contributed by atoms with Crippen LogP contribution in [0.5, 0.6) is 5.88 Å². The van der Waals surface area contributed by atoms with Gasteiger partial charge in [0.1, 0.15) is 6.04 Å². The predicted molar refractivity (Wildman–Crippen MR) is 144 cm³/mol. The van der Waals surface area contributed by atoms with Gasteiger partial charge in [-0.3, -0.25) is 4.79 Å². The SMILES string of the molecule is COC(=O)[C@@H]1C[C@@H](O)CN1C(=O)c1ccc(-c2ccc(OCC3CCN(CC4(C)CCC4)CC3)nc2)cc1. The molecule has 0 radical (unpaired) electrons. The van der Waals surface area contributed by atoms with Gasteiger partial charge in [0, 0.05) is 42.9 Å². The van der Waals surface area contributed by atoms with Crippen molar-refractivity contribution in [3.8, 4) is 17.0 Å². The highest BCUT2D eigenvalue weighted by molar-refractivity contribution is 5.97. The van der Waals surface area contributed by atoms with E-state index in [1.54, 1.807) is 18.3 Å². The van der Waals surface area contributed by atoms with Crippen LogP contribution in [-0.2, 0) is 9.53 Å². The number of carbonyl (C=O) groups excluding carboxylic acids is 2.